The molecule has 1 saturated heterocycles. The fourth-order valence-corrected chi connectivity index (χ4v) is 3.14. The summed E-state index contributed by atoms with van der Waals surface area (Å²) in [4.78, 5) is 14.2. The van der Waals surface area contributed by atoms with E-state index in [-0.39, 0.29) is 23.8 Å². The van der Waals surface area contributed by atoms with Gasteiger partial charge < -0.3 is 15.4 Å². The second kappa shape index (κ2) is 6.78. The van der Waals surface area contributed by atoms with Gasteiger partial charge in [-0.3, -0.25) is 9.89 Å². The number of hydrogen-bond acceptors (Lipinski definition) is 4. The number of hydrogen-bond donors (Lipinski definition) is 2. The van der Waals surface area contributed by atoms with Crippen molar-refractivity contribution < 1.29 is 9.53 Å². The van der Waals surface area contributed by atoms with Gasteiger partial charge in [0.25, 0.3) is 5.91 Å². The van der Waals surface area contributed by atoms with Crippen molar-refractivity contribution in [2.75, 3.05) is 25.4 Å². The van der Waals surface area contributed by atoms with Crippen LogP contribution in [0.5, 0.6) is 5.75 Å². The number of benzene rings is 1. The molecular formula is C19H26N4O2. The number of carbonyl (C=O) groups excluding carboxylic acids is 1. The Kier molecular flexibility index (Phi) is 4.70. The van der Waals surface area contributed by atoms with E-state index in [1.807, 2.05) is 29.2 Å². The first-order chi connectivity index (χ1) is 11.8. The largest absolute Gasteiger partial charge is 0.484 e. The summed E-state index contributed by atoms with van der Waals surface area (Å²) in [6.45, 7) is 7.93. The van der Waals surface area contributed by atoms with Gasteiger partial charge in [-0.2, -0.15) is 5.10 Å². The molecule has 0 bridgehead atoms. The predicted molar refractivity (Wildman–Crippen MR) is 97.6 cm³/mol. The van der Waals surface area contributed by atoms with E-state index < -0.39 is 0 Å². The zero-order valence-corrected chi connectivity index (χ0v) is 15.1. The molecule has 3 rings (SSSR count). The molecule has 6 heteroatoms. The van der Waals surface area contributed by atoms with Crippen LogP contribution in [0.15, 0.2) is 30.5 Å². The van der Waals surface area contributed by atoms with Gasteiger partial charge in [-0.15, -0.1) is 0 Å². The van der Waals surface area contributed by atoms with Gasteiger partial charge in [0.15, 0.2) is 6.61 Å². The third-order valence-corrected chi connectivity index (χ3v) is 4.73. The Hall–Kier alpha value is -2.50. The summed E-state index contributed by atoms with van der Waals surface area (Å²) in [6.07, 6.45) is 2.50. The highest BCUT2D eigenvalue weighted by atomic mass is 16.5. The Morgan fingerprint density at radius 3 is 2.68 bits per heavy atom. The lowest BCUT2D eigenvalue weighted by Gasteiger charge is -2.20. The molecular weight excluding hydrogens is 316 g/mol. The number of nitrogens with zero attached hydrogens (tertiary/aromatic N) is 2. The van der Waals surface area contributed by atoms with E-state index in [4.69, 9.17) is 10.5 Å². The minimum atomic E-state index is 0.000449. The van der Waals surface area contributed by atoms with Crippen molar-refractivity contribution in [3.8, 4) is 5.75 Å². The lowest BCUT2D eigenvalue weighted by atomic mass is 9.87. The number of amides is 1. The smallest absolute Gasteiger partial charge is 0.260 e. The first-order valence-electron chi connectivity index (χ1n) is 8.64. The first kappa shape index (κ1) is 17.3. The SMILES string of the molecule is CC(C)(C)c1ccc(OCC(=O)N2CCC(c3[nH]ncc3N)C2)cc1. The number of H-pyrrole nitrogens is 1. The average molecular weight is 342 g/mol. The number of carbonyl (C=O) groups is 1. The molecule has 0 radical (unpaired) electrons. The molecule has 1 amide bonds. The molecule has 1 aliphatic heterocycles. The van der Waals surface area contributed by atoms with Crippen LogP contribution in [0.25, 0.3) is 0 Å². The number of anilines is 1. The van der Waals surface area contributed by atoms with E-state index in [0.717, 1.165) is 17.9 Å². The monoisotopic (exact) mass is 342 g/mol. The maximum absolute atomic E-state index is 12.4. The fraction of sp³-hybridized carbons (Fsp3) is 0.474. The van der Waals surface area contributed by atoms with Crippen LogP contribution >= 0.6 is 0 Å². The Morgan fingerprint density at radius 2 is 2.08 bits per heavy atom. The number of nitrogen functional groups attached to an aromatic ring is 1. The van der Waals surface area contributed by atoms with Crippen LogP contribution in [0.1, 0.15) is 44.4 Å². The van der Waals surface area contributed by atoms with Crippen molar-refractivity contribution in [1.29, 1.82) is 0 Å². The maximum Gasteiger partial charge on any atom is 0.260 e. The molecule has 1 aromatic heterocycles. The van der Waals surface area contributed by atoms with Crippen molar-refractivity contribution in [2.45, 2.75) is 38.5 Å². The molecule has 3 N–H and O–H groups in total. The number of ether oxygens (including phenoxy) is 1. The van der Waals surface area contributed by atoms with Crippen LogP contribution in [0.4, 0.5) is 5.69 Å². The molecule has 0 spiro atoms. The summed E-state index contributed by atoms with van der Waals surface area (Å²) in [6, 6.07) is 7.94. The van der Waals surface area contributed by atoms with Crippen molar-refractivity contribution in [2.24, 2.45) is 0 Å². The van der Waals surface area contributed by atoms with Gasteiger partial charge in [0, 0.05) is 19.0 Å². The van der Waals surface area contributed by atoms with Gasteiger partial charge in [0.1, 0.15) is 5.75 Å². The number of likely N-dealkylation sites (tertiary alicyclic amines) is 1. The highest BCUT2D eigenvalue weighted by Crippen LogP contribution is 2.29. The molecule has 1 aliphatic rings. The van der Waals surface area contributed by atoms with Crippen LogP contribution in [0, 0.1) is 0 Å². The van der Waals surface area contributed by atoms with Gasteiger partial charge >= 0.3 is 0 Å². The topological polar surface area (TPSA) is 84.2 Å². The van der Waals surface area contributed by atoms with E-state index in [9.17, 15) is 4.79 Å². The van der Waals surface area contributed by atoms with E-state index >= 15 is 0 Å². The van der Waals surface area contributed by atoms with Gasteiger partial charge in [0.05, 0.1) is 17.6 Å². The van der Waals surface area contributed by atoms with Crippen LogP contribution in [0.2, 0.25) is 0 Å². The Bertz CT molecular complexity index is 731. The number of aromatic amines is 1. The summed E-state index contributed by atoms with van der Waals surface area (Å²) in [5.41, 5.74) is 8.83. The van der Waals surface area contributed by atoms with Crippen LogP contribution in [-0.4, -0.2) is 40.7 Å². The van der Waals surface area contributed by atoms with Gasteiger partial charge in [-0.25, -0.2) is 0 Å². The van der Waals surface area contributed by atoms with Crippen LogP contribution in [-0.2, 0) is 10.2 Å². The third kappa shape index (κ3) is 3.95. The van der Waals surface area contributed by atoms with Gasteiger partial charge in [0.2, 0.25) is 0 Å². The summed E-state index contributed by atoms with van der Waals surface area (Å²) in [7, 11) is 0. The number of aromatic nitrogens is 2. The predicted octanol–water partition coefficient (Wildman–Crippen LogP) is 2.68. The van der Waals surface area contributed by atoms with E-state index in [1.54, 1.807) is 6.20 Å². The quantitative estimate of drug-likeness (QED) is 0.895. The lowest BCUT2D eigenvalue weighted by Crippen LogP contribution is -2.32. The molecule has 1 unspecified atom stereocenters. The molecule has 134 valence electrons. The Labute approximate surface area is 148 Å². The summed E-state index contributed by atoms with van der Waals surface area (Å²) >= 11 is 0. The second-order valence-electron chi connectivity index (χ2n) is 7.63. The highest BCUT2D eigenvalue weighted by molar-refractivity contribution is 5.78. The van der Waals surface area contributed by atoms with E-state index in [0.29, 0.717) is 18.8 Å². The Morgan fingerprint density at radius 1 is 1.36 bits per heavy atom. The van der Waals surface area contributed by atoms with Crippen molar-refractivity contribution in [3.63, 3.8) is 0 Å². The minimum absolute atomic E-state index is 0.000449. The van der Waals surface area contributed by atoms with E-state index in [1.165, 1.54) is 5.56 Å². The molecule has 1 atom stereocenters. The zero-order chi connectivity index (χ0) is 18.0. The second-order valence-corrected chi connectivity index (χ2v) is 7.63. The number of nitrogens with one attached hydrogen (secondary N) is 1. The number of rotatable bonds is 4. The maximum atomic E-state index is 12.4. The standard InChI is InChI=1S/C19H26N4O2/c1-19(2,3)14-4-6-15(7-5-14)25-12-17(24)23-9-8-13(11-23)18-16(20)10-21-22-18/h4-7,10,13H,8-9,11-12,20H2,1-3H3,(H,21,22). The molecule has 1 aromatic carbocycles. The minimum Gasteiger partial charge on any atom is -0.484 e. The molecule has 1 fully saturated rings. The molecule has 2 aromatic rings. The fourth-order valence-electron chi connectivity index (χ4n) is 3.14. The summed E-state index contributed by atoms with van der Waals surface area (Å²) < 4.78 is 5.66. The van der Waals surface area contributed by atoms with Crippen LogP contribution < -0.4 is 10.5 Å². The normalized spacial score (nSPS) is 17.7. The van der Waals surface area contributed by atoms with Crippen molar-refractivity contribution in [1.82, 2.24) is 15.1 Å². The van der Waals surface area contributed by atoms with E-state index in [2.05, 4.69) is 31.0 Å². The zero-order valence-electron chi connectivity index (χ0n) is 15.1. The van der Waals surface area contributed by atoms with Crippen molar-refractivity contribution in [3.05, 3.63) is 41.7 Å². The third-order valence-electron chi connectivity index (χ3n) is 4.73. The summed E-state index contributed by atoms with van der Waals surface area (Å²) in [5.74, 6) is 0.938. The van der Waals surface area contributed by atoms with Crippen molar-refractivity contribution >= 4 is 11.6 Å². The van der Waals surface area contributed by atoms with Gasteiger partial charge in [-0.05, 0) is 29.5 Å². The Balaban J connectivity index is 1.52. The molecule has 25 heavy (non-hydrogen) atoms. The molecule has 0 aliphatic carbocycles. The van der Waals surface area contributed by atoms with Crippen LogP contribution in [0.3, 0.4) is 0 Å². The molecule has 6 nitrogen and oxygen atoms in total. The lowest BCUT2D eigenvalue weighted by molar-refractivity contribution is -0.132. The molecule has 0 saturated carbocycles. The molecule has 2 heterocycles. The first-order valence-corrected chi connectivity index (χ1v) is 8.64. The van der Waals surface area contributed by atoms with Gasteiger partial charge in [-0.1, -0.05) is 32.9 Å². The average Bonchev–Trinajstić information content (AvgIpc) is 3.20. The summed E-state index contributed by atoms with van der Waals surface area (Å²) in [5, 5.41) is 6.90. The highest BCUT2D eigenvalue weighted by Gasteiger charge is 2.29. The number of nitrogens with two attached hydrogens (primary N) is 1.